The molecule has 1 unspecified atom stereocenters. The average Bonchev–Trinajstić information content (AvgIpc) is 2.87. The zero-order chi connectivity index (χ0) is 10.4. The van der Waals surface area contributed by atoms with Crippen LogP contribution in [0.5, 0.6) is 0 Å². The Balaban J connectivity index is 1.90. The molecule has 0 saturated carbocycles. The van der Waals surface area contributed by atoms with Crippen LogP contribution in [0.15, 0.2) is 0 Å². The molecular weight excluding hydrogens is 259 g/mol. The molecular formula is C10H22O3Zr. The summed E-state index contributed by atoms with van der Waals surface area (Å²) >= 11 is -2.08. The molecule has 1 aliphatic rings. The van der Waals surface area contributed by atoms with Gasteiger partial charge in [-0.2, -0.15) is 0 Å². The van der Waals surface area contributed by atoms with Crippen molar-refractivity contribution in [3.63, 3.8) is 0 Å². The van der Waals surface area contributed by atoms with Crippen molar-refractivity contribution in [1.29, 1.82) is 0 Å². The summed E-state index contributed by atoms with van der Waals surface area (Å²) in [6.45, 7) is 5.50. The molecule has 0 aromatic carbocycles. The number of rotatable bonds is 8. The third kappa shape index (κ3) is 6.28. The molecule has 1 rings (SSSR count). The normalized spacial score (nSPS) is 21.2. The molecule has 0 radical (unpaired) electrons. The minimum atomic E-state index is -2.08. The van der Waals surface area contributed by atoms with Gasteiger partial charge in [0.05, 0.1) is 0 Å². The Bertz CT molecular complexity index is 157. The van der Waals surface area contributed by atoms with Gasteiger partial charge in [0.15, 0.2) is 0 Å². The predicted molar refractivity (Wildman–Crippen MR) is 53.3 cm³/mol. The Hall–Kier alpha value is 0.763. The van der Waals surface area contributed by atoms with Crippen molar-refractivity contribution >= 4 is 0 Å². The molecule has 1 atom stereocenters. The molecule has 14 heavy (non-hydrogen) atoms. The van der Waals surface area contributed by atoms with E-state index in [0.29, 0.717) is 6.10 Å². The van der Waals surface area contributed by atoms with E-state index in [2.05, 4.69) is 16.2 Å². The molecule has 3 nitrogen and oxygen atoms in total. The van der Waals surface area contributed by atoms with Crippen molar-refractivity contribution in [2.75, 3.05) is 26.4 Å². The molecule has 1 fully saturated rings. The molecule has 0 N–H and O–H groups in total. The molecule has 0 aromatic heterocycles. The third-order valence-corrected chi connectivity index (χ3v) is 8.77. The van der Waals surface area contributed by atoms with Gasteiger partial charge in [0.25, 0.3) is 0 Å². The van der Waals surface area contributed by atoms with Gasteiger partial charge in [-0.3, -0.25) is 0 Å². The minimum absolute atomic E-state index is 0.401. The van der Waals surface area contributed by atoms with Crippen molar-refractivity contribution in [2.24, 2.45) is 0 Å². The quantitative estimate of drug-likeness (QED) is 0.506. The Morgan fingerprint density at radius 1 is 1.43 bits per heavy atom. The van der Waals surface area contributed by atoms with Crippen LogP contribution in [0.1, 0.15) is 13.3 Å². The average molecular weight is 282 g/mol. The van der Waals surface area contributed by atoms with E-state index in [4.69, 9.17) is 12.3 Å². The van der Waals surface area contributed by atoms with Crippen LogP contribution in [-0.4, -0.2) is 32.5 Å². The van der Waals surface area contributed by atoms with Crippen LogP contribution >= 0.6 is 0 Å². The standard InChI is InChI=1S/C6H11O2.C2H5O.2CH3.Zr/c1-2-3-7-4-6-5-8-6;1-2-3;;;/h6H,1-5H2;2H2,1H3;2*1H3;/q;-1;;;+1. The summed E-state index contributed by atoms with van der Waals surface area (Å²) in [5.74, 6) is 0. The Morgan fingerprint density at radius 2 is 2.14 bits per heavy atom. The second-order valence-electron chi connectivity index (χ2n) is 4.33. The van der Waals surface area contributed by atoms with Gasteiger partial charge >= 0.3 is 92.3 Å². The SMILES string of the molecule is CC[O][Zr]([CH3])([CH3])[CH2]CCOCC1CO1. The zero-order valence-corrected chi connectivity index (χ0v) is 12.0. The van der Waals surface area contributed by atoms with E-state index in [-0.39, 0.29) is 0 Å². The summed E-state index contributed by atoms with van der Waals surface area (Å²) in [7, 11) is 0. The van der Waals surface area contributed by atoms with Crippen LogP contribution < -0.4 is 0 Å². The third-order valence-electron chi connectivity index (χ3n) is 2.31. The van der Waals surface area contributed by atoms with E-state index in [1.165, 1.54) is 4.13 Å². The van der Waals surface area contributed by atoms with Crippen molar-refractivity contribution in [3.8, 4) is 0 Å². The fraction of sp³-hybridized carbons (Fsp3) is 1.00. The van der Waals surface area contributed by atoms with Crippen LogP contribution in [0, 0.1) is 0 Å². The predicted octanol–water partition coefficient (Wildman–Crippen LogP) is 2.41. The van der Waals surface area contributed by atoms with Gasteiger partial charge in [-0.1, -0.05) is 0 Å². The summed E-state index contributed by atoms with van der Waals surface area (Å²) in [6, 6.07) is 0. The van der Waals surface area contributed by atoms with Gasteiger partial charge in [-0.05, 0) is 0 Å². The first-order chi connectivity index (χ1) is 6.64. The first kappa shape index (κ1) is 12.8. The van der Waals surface area contributed by atoms with Gasteiger partial charge in [-0.15, -0.1) is 0 Å². The number of ether oxygens (including phenoxy) is 2. The Kier molecular flexibility index (Phi) is 5.84. The van der Waals surface area contributed by atoms with E-state index in [1.54, 1.807) is 0 Å². The summed E-state index contributed by atoms with van der Waals surface area (Å²) < 4.78 is 22.3. The summed E-state index contributed by atoms with van der Waals surface area (Å²) in [6.07, 6.45) is 1.55. The van der Waals surface area contributed by atoms with E-state index in [1.807, 2.05) is 0 Å². The van der Waals surface area contributed by atoms with E-state index in [9.17, 15) is 0 Å². The van der Waals surface area contributed by atoms with Crippen molar-refractivity contribution in [3.05, 3.63) is 0 Å². The van der Waals surface area contributed by atoms with Crippen molar-refractivity contribution < 1.29 is 33.0 Å². The zero-order valence-electron chi connectivity index (χ0n) is 9.54. The second kappa shape index (κ2) is 6.37. The molecule has 0 aliphatic carbocycles. The molecule has 0 aromatic rings. The van der Waals surface area contributed by atoms with Crippen LogP contribution in [0.4, 0.5) is 0 Å². The molecule has 1 heterocycles. The second-order valence-corrected chi connectivity index (χ2v) is 14.9. The maximum atomic E-state index is 5.80. The topological polar surface area (TPSA) is 31.0 Å². The van der Waals surface area contributed by atoms with Gasteiger partial charge in [-0.25, -0.2) is 0 Å². The molecule has 4 heteroatoms. The van der Waals surface area contributed by atoms with Gasteiger partial charge in [0.1, 0.15) is 0 Å². The molecule has 0 spiro atoms. The monoisotopic (exact) mass is 280 g/mol. The number of hydrogen-bond donors (Lipinski definition) is 0. The van der Waals surface area contributed by atoms with Crippen molar-refractivity contribution in [1.82, 2.24) is 0 Å². The van der Waals surface area contributed by atoms with E-state index >= 15 is 0 Å². The van der Waals surface area contributed by atoms with Gasteiger partial charge < -0.3 is 0 Å². The Labute approximate surface area is 92.1 Å². The van der Waals surface area contributed by atoms with Gasteiger partial charge in [0.2, 0.25) is 0 Å². The first-order valence-electron chi connectivity index (χ1n) is 5.47. The van der Waals surface area contributed by atoms with Crippen LogP contribution in [0.2, 0.25) is 13.4 Å². The fourth-order valence-corrected chi connectivity index (χ4v) is 6.17. The number of hydrogen-bond acceptors (Lipinski definition) is 3. The van der Waals surface area contributed by atoms with Crippen molar-refractivity contribution in [2.45, 2.75) is 32.8 Å². The summed E-state index contributed by atoms with van der Waals surface area (Å²) in [4.78, 5) is 0. The van der Waals surface area contributed by atoms with Crippen LogP contribution in [0.25, 0.3) is 0 Å². The van der Waals surface area contributed by atoms with Crippen LogP contribution in [0.3, 0.4) is 0 Å². The summed E-state index contributed by atoms with van der Waals surface area (Å²) in [5.41, 5.74) is 0. The molecule has 0 amide bonds. The Morgan fingerprint density at radius 3 is 2.71 bits per heavy atom. The first-order valence-corrected chi connectivity index (χ1v) is 13.1. The molecule has 84 valence electrons. The van der Waals surface area contributed by atoms with E-state index < -0.39 is 20.7 Å². The van der Waals surface area contributed by atoms with E-state index in [0.717, 1.165) is 32.8 Å². The molecule has 1 aliphatic heterocycles. The summed E-state index contributed by atoms with van der Waals surface area (Å²) in [5, 5.41) is 0. The molecule has 0 bridgehead atoms. The maximum absolute atomic E-state index is 5.80. The molecule has 1 saturated heterocycles. The number of epoxide rings is 1. The van der Waals surface area contributed by atoms with Gasteiger partial charge in [0, 0.05) is 0 Å². The fourth-order valence-electron chi connectivity index (χ4n) is 1.44. The van der Waals surface area contributed by atoms with Crippen LogP contribution in [-0.2, 0) is 33.0 Å².